The van der Waals surface area contributed by atoms with Crippen LogP contribution in [-0.4, -0.2) is 69.8 Å². The molecule has 37 heavy (non-hydrogen) atoms. The minimum Gasteiger partial charge on any atom is -0.481 e. The van der Waals surface area contributed by atoms with Gasteiger partial charge in [0.1, 0.15) is 16.8 Å². The Balaban J connectivity index is 5.12. The summed E-state index contributed by atoms with van der Waals surface area (Å²) in [6, 6.07) is -0.890. The number of nitrogens with two attached hydrogens (primary N) is 1. The molecule has 0 spiro atoms. The first kappa shape index (κ1) is 34.4. The highest BCUT2D eigenvalue weighted by molar-refractivity contribution is 5.72. The maximum atomic E-state index is 12.8. The van der Waals surface area contributed by atoms with E-state index < -0.39 is 53.6 Å². The number of ether oxygens (including phenoxy) is 3. The molecule has 0 aromatic heterocycles. The zero-order valence-electron chi connectivity index (χ0n) is 23.9. The fourth-order valence-electron chi connectivity index (χ4n) is 3.02. The number of aliphatic carboxylic acids is 1. The third kappa shape index (κ3) is 19.2. The Bertz CT molecular complexity index is 753. The number of carboxylic acid groups (broad SMARTS) is 1. The summed E-state index contributed by atoms with van der Waals surface area (Å²) in [6.45, 7) is 15.5. The molecule has 1 unspecified atom stereocenters. The van der Waals surface area contributed by atoms with Gasteiger partial charge in [0.15, 0.2) is 0 Å². The van der Waals surface area contributed by atoms with Crippen molar-refractivity contribution in [2.45, 2.75) is 130 Å². The van der Waals surface area contributed by atoms with E-state index in [1.165, 1.54) is 0 Å². The summed E-state index contributed by atoms with van der Waals surface area (Å²) < 4.78 is 15.9. The molecule has 0 saturated carbocycles. The van der Waals surface area contributed by atoms with Gasteiger partial charge < -0.3 is 30.4 Å². The highest BCUT2D eigenvalue weighted by Crippen LogP contribution is 2.14. The summed E-state index contributed by atoms with van der Waals surface area (Å²) in [7, 11) is 0. The summed E-state index contributed by atoms with van der Waals surface area (Å²) in [5.74, 6) is -1.41. The van der Waals surface area contributed by atoms with Crippen molar-refractivity contribution in [3.05, 3.63) is 0 Å². The molecule has 0 heterocycles. The highest BCUT2D eigenvalue weighted by atomic mass is 16.6. The van der Waals surface area contributed by atoms with Crippen LogP contribution >= 0.6 is 0 Å². The third-order valence-corrected chi connectivity index (χ3v) is 4.37. The molecule has 0 rings (SSSR count). The molecule has 216 valence electrons. The van der Waals surface area contributed by atoms with Crippen LogP contribution in [0.2, 0.25) is 0 Å². The normalized spacial score (nSPS) is 13.8. The van der Waals surface area contributed by atoms with E-state index in [4.69, 9.17) is 19.9 Å². The van der Waals surface area contributed by atoms with Gasteiger partial charge in [-0.25, -0.2) is 20.0 Å². The molecular weight excluding hydrogens is 484 g/mol. The topological polar surface area (TPSA) is 170 Å². The largest absolute Gasteiger partial charge is 0.481 e. The molecule has 0 radical (unpaired) electrons. The Morgan fingerprint density at radius 3 is 1.86 bits per heavy atom. The van der Waals surface area contributed by atoms with E-state index in [2.05, 4.69) is 10.7 Å². The Morgan fingerprint density at radius 2 is 1.38 bits per heavy atom. The number of esters is 1. The Kier molecular flexibility index (Phi) is 13.9. The summed E-state index contributed by atoms with van der Waals surface area (Å²) in [4.78, 5) is 48.2. The molecule has 2 amide bonds. The van der Waals surface area contributed by atoms with Gasteiger partial charge in [-0.2, -0.15) is 0 Å². The Labute approximate surface area is 220 Å². The maximum absolute atomic E-state index is 12.8. The lowest BCUT2D eigenvalue weighted by Gasteiger charge is -2.33. The van der Waals surface area contributed by atoms with Crippen LogP contribution in [0, 0.1) is 0 Å². The number of unbranched alkanes of at least 4 members (excludes halogenated alkanes) is 2. The van der Waals surface area contributed by atoms with Gasteiger partial charge in [0.25, 0.3) is 0 Å². The van der Waals surface area contributed by atoms with E-state index in [1.807, 2.05) is 20.8 Å². The number of carbonyl (C=O) groups is 4. The van der Waals surface area contributed by atoms with E-state index >= 15 is 0 Å². The van der Waals surface area contributed by atoms with Gasteiger partial charge in [-0.05, 0) is 81.6 Å². The summed E-state index contributed by atoms with van der Waals surface area (Å²) in [5, 5.41) is 12.9. The molecule has 2 atom stereocenters. The number of carbonyl (C=O) groups excluding carboxylic acids is 3. The molecule has 5 N–H and O–H groups in total. The van der Waals surface area contributed by atoms with Crippen LogP contribution in [0.5, 0.6) is 0 Å². The zero-order valence-corrected chi connectivity index (χ0v) is 23.9. The molecule has 0 fully saturated rings. The van der Waals surface area contributed by atoms with Crippen molar-refractivity contribution < 1.29 is 38.5 Å². The number of hydrogen-bond acceptors (Lipinski definition) is 9. The molecule has 12 heteroatoms. The third-order valence-electron chi connectivity index (χ3n) is 4.37. The summed E-state index contributed by atoms with van der Waals surface area (Å²) in [5.41, 5.74) is 7.02. The van der Waals surface area contributed by atoms with Gasteiger partial charge in [-0.3, -0.25) is 9.59 Å². The minimum absolute atomic E-state index is 0.114. The fraction of sp³-hybridized carbons (Fsp3) is 0.840. The molecule has 0 aromatic rings. The van der Waals surface area contributed by atoms with Gasteiger partial charge in [0, 0.05) is 13.0 Å². The number of nitrogens with one attached hydrogen (secondary N) is 2. The second-order valence-corrected chi connectivity index (χ2v) is 11.9. The SMILES string of the molecule is CC(C)(C)OC(=O)CCCCCC(N)N(NC[C@H](CC(=O)O)NC(=O)OC(C)(C)C)C(=O)OC(C)(C)C. The summed E-state index contributed by atoms with van der Waals surface area (Å²) in [6.07, 6.45) is -0.119. The lowest BCUT2D eigenvalue weighted by molar-refractivity contribution is -0.155. The smallest absolute Gasteiger partial charge is 0.426 e. The average Bonchev–Trinajstić information content (AvgIpc) is 2.62. The Hall–Kier alpha value is -2.60. The van der Waals surface area contributed by atoms with Crippen LogP contribution in [0.3, 0.4) is 0 Å². The fourth-order valence-corrected chi connectivity index (χ4v) is 3.02. The van der Waals surface area contributed by atoms with Crippen LogP contribution in [0.15, 0.2) is 0 Å². The first-order valence-electron chi connectivity index (χ1n) is 12.6. The lowest BCUT2D eigenvalue weighted by Crippen LogP contribution is -2.58. The number of amides is 2. The first-order chi connectivity index (χ1) is 16.7. The van der Waals surface area contributed by atoms with E-state index in [1.54, 1.807) is 41.5 Å². The first-order valence-corrected chi connectivity index (χ1v) is 12.6. The second kappa shape index (κ2) is 15.0. The van der Waals surface area contributed by atoms with Crippen LogP contribution in [0.1, 0.15) is 101 Å². The van der Waals surface area contributed by atoms with E-state index in [0.717, 1.165) is 5.01 Å². The number of nitrogens with zero attached hydrogens (tertiary/aromatic N) is 1. The van der Waals surface area contributed by atoms with Gasteiger partial charge in [0.2, 0.25) is 0 Å². The van der Waals surface area contributed by atoms with Crippen molar-refractivity contribution >= 4 is 24.1 Å². The monoisotopic (exact) mass is 532 g/mol. The number of alkyl carbamates (subject to hydrolysis) is 1. The van der Waals surface area contributed by atoms with Crippen LogP contribution < -0.4 is 16.5 Å². The van der Waals surface area contributed by atoms with E-state index in [9.17, 15) is 24.3 Å². The summed E-state index contributed by atoms with van der Waals surface area (Å²) >= 11 is 0. The number of hydrazine groups is 1. The standard InChI is InChI=1S/C25H48N4O8/c1-23(2,3)35-20(32)14-12-10-11-13-18(26)29(22(34)37-25(7,8)9)27-16-17(15-19(30)31)28-21(33)36-24(4,5)6/h17-18,27H,10-16,26H2,1-9H3,(H,28,33)(H,30,31)/t17-,18?/m0/s1. The molecule has 12 nitrogen and oxygen atoms in total. The minimum atomic E-state index is -1.14. The van der Waals surface area contributed by atoms with Crippen LogP contribution in [-0.2, 0) is 23.8 Å². The van der Waals surface area contributed by atoms with Crippen molar-refractivity contribution in [3.63, 3.8) is 0 Å². The van der Waals surface area contributed by atoms with Crippen molar-refractivity contribution in [2.75, 3.05) is 6.54 Å². The molecule has 0 aliphatic rings. The number of carboxylic acids is 1. The second-order valence-electron chi connectivity index (χ2n) is 11.9. The zero-order chi connectivity index (χ0) is 29.0. The molecule has 0 aliphatic carbocycles. The van der Waals surface area contributed by atoms with Gasteiger partial charge in [-0.15, -0.1) is 0 Å². The van der Waals surface area contributed by atoms with Gasteiger partial charge in [0.05, 0.1) is 18.6 Å². The number of rotatable bonds is 13. The van der Waals surface area contributed by atoms with Crippen LogP contribution in [0.4, 0.5) is 9.59 Å². The van der Waals surface area contributed by atoms with Crippen molar-refractivity contribution in [3.8, 4) is 0 Å². The van der Waals surface area contributed by atoms with E-state index in [0.29, 0.717) is 25.7 Å². The average molecular weight is 533 g/mol. The van der Waals surface area contributed by atoms with Crippen LogP contribution in [0.25, 0.3) is 0 Å². The lowest BCUT2D eigenvalue weighted by atomic mass is 10.1. The molecule has 0 aromatic carbocycles. The predicted octanol–water partition coefficient (Wildman–Crippen LogP) is 3.67. The Morgan fingerprint density at radius 1 is 0.838 bits per heavy atom. The quantitative estimate of drug-likeness (QED) is 0.0902. The molecule has 0 aliphatic heterocycles. The molecule has 0 saturated heterocycles. The maximum Gasteiger partial charge on any atom is 0.426 e. The number of hydrogen-bond donors (Lipinski definition) is 4. The molecule has 0 bridgehead atoms. The van der Waals surface area contributed by atoms with Gasteiger partial charge in [-0.1, -0.05) is 6.42 Å². The van der Waals surface area contributed by atoms with Gasteiger partial charge >= 0.3 is 24.1 Å². The molecular formula is C25H48N4O8. The predicted molar refractivity (Wildman–Crippen MR) is 138 cm³/mol. The van der Waals surface area contributed by atoms with Crippen molar-refractivity contribution in [1.29, 1.82) is 0 Å². The van der Waals surface area contributed by atoms with Crippen molar-refractivity contribution in [2.24, 2.45) is 5.73 Å². The van der Waals surface area contributed by atoms with Crippen molar-refractivity contribution in [1.82, 2.24) is 15.8 Å². The van der Waals surface area contributed by atoms with E-state index in [-0.39, 0.29) is 18.9 Å². The highest BCUT2D eigenvalue weighted by Gasteiger charge is 2.28.